The van der Waals surface area contributed by atoms with Gasteiger partial charge in [0.15, 0.2) is 0 Å². The molecule has 0 unspecified atom stereocenters. The van der Waals surface area contributed by atoms with Crippen molar-refractivity contribution in [3.8, 4) is 0 Å². The first-order chi connectivity index (χ1) is 11.5. The van der Waals surface area contributed by atoms with Crippen LogP contribution in [0.2, 0.25) is 0 Å². The summed E-state index contributed by atoms with van der Waals surface area (Å²) in [5.74, 6) is 0.725. The van der Waals surface area contributed by atoms with Gasteiger partial charge >= 0.3 is 0 Å². The Morgan fingerprint density at radius 1 is 1.17 bits per heavy atom. The predicted molar refractivity (Wildman–Crippen MR) is 98.1 cm³/mol. The van der Waals surface area contributed by atoms with Crippen molar-refractivity contribution in [3.05, 3.63) is 35.2 Å². The molecule has 0 aromatic carbocycles. The minimum atomic E-state index is -3.10. The Morgan fingerprint density at radius 2 is 1.88 bits per heavy atom. The van der Waals surface area contributed by atoms with Gasteiger partial charge in [-0.2, -0.15) is 0 Å². The Morgan fingerprint density at radius 3 is 2.54 bits per heavy atom. The first kappa shape index (κ1) is 17.6. The van der Waals surface area contributed by atoms with Gasteiger partial charge in [-0.15, -0.1) is 0 Å². The monoisotopic (exact) mass is 348 g/mol. The number of pyridine rings is 1. The first-order valence-corrected chi connectivity index (χ1v) is 10.7. The maximum absolute atomic E-state index is 12.7. The second-order valence-electron chi connectivity index (χ2n) is 7.19. The number of hydrogen-bond acceptors (Lipinski definition) is 3. The summed E-state index contributed by atoms with van der Waals surface area (Å²) in [5.41, 5.74) is 3.29. The highest BCUT2D eigenvalue weighted by atomic mass is 32.2. The molecule has 0 spiro atoms. The van der Waals surface area contributed by atoms with E-state index in [1.165, 1.54) is 24.8 Å². The number of rotatable bonds is 4. The smallest absolute Gasteiger partial charge is 0.214 e. The van der Waals surface area contributed by atoms with Gasteiger partial charge in [0.05, 0.1) is 11.4 Å². The molecular weight excluding hydrogens is 320 g/mol. The Hall–Kier alpha value is -1.20. The Balaban J connectivity index is 1.57. The highest BCUT2D eigenvalue weighted by Crippen LogP contribution is 2.27. The molecule has 5 heteroatoms. The molecule has 1 saturated heterocycles. The van der Waals surface area contributed by atoms with Crippen molar-refractivity contribution in [3.63, 3.8) is 0 Å². The summed E-state index contributed by atoms with van der Waals surface area (Å²) in [6, 6.07) is 6.01. The van der Waals surface area contributed by atoms with E-state index in [-0.39, 0.29) is 0 Å². The van der Waals surface area contributed by atoms with Crippen molar-refractivity contribution in [2.45, 2.75) is 51.9 Å². The van der Waals surface area contributed by atoms with Crippen LogP contribution in [0.1, 0.15) is 56.3 Å². The molecule has 0 radical (unpaired) electrons. The topological polar surface area (TPSA) is 50.3 Å². The summed E-state index contributed by atoms with van der Waals surface area (Å²) < 4.78 is 27.0. The van der Waals surface area contributed by atoms with Crippen molar-refractivity contribution in [2.75, 3.05) is 18.8 Å². The van der Waals surface area contributed by atoms with Crippen LogP contribution in [0, 0.1) is 12.8 Å². The molecule has 0 N–H and O–H groups in total. The fraction of sp³-hybridized carbons (Fsp3) is 0.632. The van der Waals surface area contributed by atoms with Gasteiger partial charge in [0, 0.05) is 18.8 Å². The van der Waals surface area contributed by atoms with E-state index in [9.17, 15) is 8.42 Å². The van der Waals surface area contributed by atoms with Crippen molar-refractivity contribution >= 4 is 16.1 Å². The van der Waals surface area contributed by atoms with E-state index in [1.807, 2.05) is 25.1 Å². The molecule has 2 fully saturated rings. The van der Waals surface area contributed by atoms with Crippen molar-refractivity contribution in [1.29, 1.82) is 0 Å². The number of piperidine rings is 1. The van der Waals surface area contributed by atoms with E-state index < -0.39 is 10.0 Å². The van der Waals surface area contributed by atoms with Crippen LogP contribution in [0.4, 0.5) is 0 Å². The highest BCUT2D eigenvalue weighted by molar-refractivity contribution is 7.89. The number of aryl methyl sites for hydroxylation is 1. The van der Waals surface area contributed by atoms with E-state index in [1.54, 1.807) is 4.31 Å². The largest absolute Gasteiger partial charge is 0.254 e. The van der Waals surface area contributed by atoms with Gasteiger partial charge in [-0.25, -0.2) is 12.7 Å². The van der Waals surface area contributed by atoms with Crippen molar-refractivity contribution < 1.29 is 8.42 Å². The number of hydrogen-bond donors (Lipinski definition) is 0. The van der Waals surface area contributed by atoms with Crippen LogP contribution in [-0.4, -0.2) is 36.5 Å². The standard InChI is InChI=1S/C19H28N2O2S/c1-16-6-5-9-19(20-16)14-17-10-12-21(13-11-17)24(22,23)15-18-7-3-2-4-8-18/h5-6,9,14,18H,2-4,7-8,10-13,15H2,1H3. The zero-order chi connectivity index (χ0) is 17.0. The van der Waals surface area contributed by atoms with Crippen LogP contribution < -0.4 is 0 Å². The predicted octanol–water partition coefficient (Wildman–Crippen LogP) is 3.78. The molecule has 0 bridgehead atoms. The number of sulfonamides is 1. The molecule has 4 nitrogen and oxygen atoms in total. The Bertz CT molecular complexity index is 681. The Kier molecular flexibility index (Phi) is 5.72. The van der Waals surface area contributed by atoms with Gasteiger partial charge in [0.25, 0.3) is 0 Å². The fourth-order valence-electron chi connectivity index (χ4n) is 3.81. The van der Waals surface area contributed by atoms with Crippen LogP contribution in [-0.2, 0) is 10.0 Å². The average molecular weight is 349 g/mol. The lowest BCUT2D eigenvalue weighted by Crippen LogP contribution is -2.39. The van der Waals surface area contributed by atoms with Crippen LogP contribution in [0.25, 0.3) is 6.08 Å². The van der Waals surface area contributed by atoms with Gasteiger partial charge < -0.3 is 0 Å². The van der Waals surface area contributed by atoms with E-state index in [2.05, 4.69) is 11.1 Å². The van der Waals surface area contributed by atoms with Crippen LogP contribution in [0.3, 0.4) is 0 Å². The maximum Gasteiger partial charge on any atom is 0.214 e. The maximum atomic E-state index is 12.7. The highest BCUT2D eigenvalue weighted by Gasteiger charge is 2.29. The second kappa shape index (κ2) is 7.79. The molecule has 1 aromatic rings. The lowest BCUT2D eigenvalue weighted by Gasteiger charge is -2.30. The molecule has 2 aliphatic rings. The summed E-state index contributed by atoms with van der Waals surface area (Å²) in [7, 11) is -3.10. The van der Waals surface area contributed by atoms with Crippen LogP contribution in [0.15, 0.2) is 23.8 Å². The SMILES string of the molecule is Cc1cccc(C=C2CCN(S(=O)(=O)CC3CCCCC3)CC2)n1. The number of nitrogens with zero attached hydrogens (tertiary/aromatic N) is 2. The van der Waals surface area contributed by atoms with E-state index >= 15 is 0 Å². The molecule has 1 aliphatic carbocycles. The second-order valence-corrected chi connectivity index (χ2v) is 9.20. The Labute approximate surface area is 146 Å². The summed E-state index contributed by atoms with van der Waals surface area (Å²) in [5, 5.41) is 0. The normalized spacial score (nSPS) is 21.0. The molecule has 0 amide bonds. The van der Waals surface area contributed by atoms with Crippen molar-refractivity contribution in [1.82, 2.24) is 9.29 Å². The molecule has 1 saturated carbocycles. The van der Waals surface area contributed by atoms with E-state index in [0.29, 0.717) is 24.8 Å². The molecule has 132 valence electrons. The zero-order valence-corrected chi connectivity index (χ0v) is 15.4. The minimum absolute atomic E-state index is 0.353. The van der Waals surface area contributed by atoms with Crippen molar-refractivity contribution in [2.24, 2.45) is 5.92 Å². The summed E-state index contributed by atoms with van der Waals surface area (Å²) in [4.78, 5) is 4.50. The molecule has 1 aromatic heterocycles. The van der Waals surface area contributed by atoms with Gasteiger partial charge in [-0.05, 0) is 56.7 Å². The molecular formula is C19H28N2O2S. The molecule has 0 atom stereocenters. The number of aromatic nitrogens is 1. The third-order valence-electron chi connectivity index (χ3n) is 5.19. The minimum Gasteiger partial charge on any atom is -0.254 e. The van der Waals surface area contributed by atoms with Gasteiger partial charge in [0.2, 0.25) is 10.0 Å². The zero-order valence-electron chi connectivity index (χ0n) is 14.6. The first-order valence-electron chi connectivity index (χ1n) is 9.14. The third-order valence-corrected chi connectivity index (χ3v) is 7.24. The molecule has 24 heavy (non-hydrogen) atoms. The van der Waals surface area contributed by atoms with Gasteiger partial charge in [-0.1, -0.05) is 30.9 Å². The van der Waals surface area contributed by atoms with Gasteiger partial charge in [-0.3, -0.25) is 4.98 Å². The molecule has 2 heterocycles. The quantitative estimate of drug-likeness (QED) is 0.832. The van der Waals surface area contributed by atoms with Crippen LogP contribution >= 0.6 is 0 Å². The lowest BCUT2D eigenvalue weighted by atomic mass is 9.91. The van der Waals surface area contributed by atoms with E-state index in [0.717, 1.165) is 37.1 Å². The fourth-order valence-corrected chi connectivity index (χ4v) is 5.69. The molecule has 1 aliphatic heterocycles. The van der Waals surface area contributed by atoms with E-state index in [4.69, 9.17) is 0 Å². The summed E-state index contributed by atoms with van der Waals surface area (Å²) in [6.07, 6.45) is 9.57. The van der Waals surface area contributed by atoms with Crippen LogP contribution in [0.5, 0.6) is 0 Å². The lowest BCUT2D eigenvalue weighted by molar-refractivity contribution is 0.357. The summed E-state index contributed by atoms with van der Waals surface area (Å²) in [6.45, 7) is 3.22. The molecule has 3 rings (SSSR count). The average Bonchev–Trinajstić information content (AvgIpc) is 2.56. The summed E-state index contributed by atoms with van der Waals surface area (Å²) >= 11 is 0. The van der Waals surface area contributed by atoms with Gasteiger partial charge in [0.1, 0.15) is 0 Å². The third kappa shape index (κ3) is 4.67.